The topological polar surface area (TPSA) is 36.0 Å². The van der Waals surface area contributed by atoms with Crippen molar-refractivity contribution in [3.8, 4) is 0 Å². The third kappa shape index (κ3) is 5.21. The molecule has 0 bridgehead atoms. The Kier molecular flexibility index (Phi) is 7.03. The fourth-order valence-electron chi connectivity index (χ4n) is 4.47. The van der Waals surface area contributed by atoms with Gasteiger partial charge in [-0.1, -0.05) is 36.4 Å². The summed E-state index contributed by atoms with van der Waals surface area (Å²) in [5.41, 5.74) is 3.29. The molecular weight excluding hydrogens is 374 g/mol. The minimum absolute atomic E-state index is 0.159. The van der Waals surface area contributed by atoms with E-state index in [2.05, 4.69) is 59.3 Å². The largest absolute Gasteiger partial charge is 0.378 e. The van der Waals surface area contributed by atoms with Crippen LogP contribution in [-0.2, 0) is 11.2 Å². The lowest BCUT2D eigenvalue weighted by molar-refractivity contribution is 0.0611. The first-order chi connectivity index (χ1) is 14.7. The first kappa shape index (κ1) is 20.9. The zero-order valence-corrected chi connectivity index (χ0v) is 18.0. The van der Waals surface area contributed by atoms with Crippen LogP contribution in [-0.4, -0.2) is 74.7 Å². The molecule has 2 aromatic carbocycles. The molecule has 30 heavy (non-hydrogen) atoms. The van der Waals surface area contributed by atoms with Gasteiger partial charge in [0.1, 0.15) is 0 Å². The molecule has 0 aliphatic carbocycles. The van der Waals surface area contributed by atoms with Gasteiger partial charge in [-0.05, 0) is 50.1 Å². The number of carbonyl (C=O) groups excluding carboxylic acids is 1. The van der Waals surface area contributed by atoms with Crippen molar-refractivity contribution in [3.63, 3.8) is 0 Å². The van der Waals surface area contributed by atoms with Gasteiger partial charge in [-0.3, -0.25) is 4.79 Å². The Hall–Kier alpha value is -2.37. The van der Waals surface area contributed by atoms with Crippen LogP contribution in [0.3, 0.4) is 0 Å². The number of anilines is 1. The number of nitrogens with zero attached hydrogens (tertiary/aromatic N) is 3. The highest BCUT2D eigenvalue weighted by Gasteiger charge is 2.27. The van der Waals surface area contributed by atoms with Gasteiger partial charge < -0.3 is 19.4 Å². The second-order valence-electron chi connectivity index (χ2n) is 8.41. The molecule has 0 radical (unpaired) electrons. The molecule has 1 atom stereocenters. The molecule has 0 saturated carbocycles. The highest BCUT2D eigenvalue weighted by molar-refractivity contribution is 5.95. The second-order valence-corrected chi connectivity index (χ2v) is 8.41. The van der Waals surface area contributed by atoms with Crippen molar-refractivity contribution in [2.75, 3.05) is 57.9 Å². The quantitative estimate of drug-likeness (QED) is 0.736. The Balaban J connectivity index is 1.36. The standard InChI is InChI=1S/C25H33N3O2/c1-26(14-12-21-7-3-2-4-8-21)24-11-6-13-28(20-24)25(29)22-9-5-10-23(19-22)27-15-17-30-18-16-27/h2-5,7-10,19,24H,6,11-18,20H2,1H3. The van der Waals surface area contributed by atoms with Crippen LogP contribution in [0, 0.1) is 0 Å². The monoisotopic (exact) mass is 407 g/mol. The van der Waals surface area contributed by atoms with Crippen molar-refractivity contribution < 1.29 is 9.53 Å². The normalized spacial score (nSPS) is 19.9. The van der Waals surface area contributed by atoms with Crippen LogP contribution in [0.25, 0.3) is 0 Å². The first-order valence-corrected chi connectivity index (χ1v) is 11.2. The third-order valence-corrected chi connectivity index (χ3v) is 6.37. The van der Waals surface area contributed by atoms with Gasteiger partial charge in [0, 0.05) is 50.0 Å². The van der Waals surface area contributed by atoms with E-state index >= 15 is 0 Å². The molecule has 1 unspecified atom stereocenters. The number of piperidine rings is 1. The van der Waals surface area contributed by atoms with Gasteiger partial charge >= 0.3 is 0 Å². The minimum atomic E-state index is 0.159. The van der Waals surface area contributed by atoms with Crippen LogP contribution >= 0.6 is 0 Å². The maximum atomic E-state index is 13.2. The summed E-state index contributed by atoms with van der Waals surface area (Å²) in [6.45, 7) is 5.95. The summed E-state index contributed by atoms with van der Waals surface area (Å²) >= 11 is 0. The predicted octanol–water partition coefficient (Wildman–Crippen LogP) is 3.30. The summed E-state index contributed by atoms with van der Waals surface area (Å²) in [5.74, 6) is 0.159. The van der Waals surface area contributed by atoms with Gasteiger partial charge in [0.15, 0.2) is 0 Å². The van der Waals surface area contributed by atoms with Gasteiger partial charge in [-0.15, -0.1) is 0 Å². The highest BCUT2D eigenvalue weighted by Crippen LogP contribution is 2.21. The lowest BCUT2D eigenvalue weighted by Gasteiger charge is -2.38. The summed E-state index contributed by atoms with van der Waals surface area (Å²) < 4.78 is 5.45. The Morgan fingerprint density at radius 3 is 2.67 bits per heavy atom. The van der Waals surface area contributed by atoms with Crippen LogP contribution in [0.5, 0.6) is 0 Å². The van der Waals surface area contributed by atoms with Gasteiger partial charge in [-0.2, -0.15) is 0 Å². The summed E-state index contributed by atoms with van der Waals surface area (Å²) in [4.78, 5) is 20.0. The van der Waals surface area contributed by atoms with Crippen molar-refractivity contribution in [2.45, 2.75) is 25.3 Å². The van der Waals surface area contributed by atoms with Crippen LogP contribution in [0.15, 0.2) is 54.6 Å². The maximum Gasteiger partial charge on any atom is 0.253 e. The van der Waals surface area contributed by atoms with E-state index < -0.39 is 0 Å². The zero-order valence-electron chi connectivity index (χ0n) is 18.0. The third-order valence-electron chi connectivity index (χ3n) is 6.37. The SMILES string of the molecule is CN(CCc1ccccc1)C1CCCN(C(=O)c2cccc(N3CCOCC3)c2)C1. The molecule has 160 valence electrons. The number of carbonyl (C=O) groups is 1. The van der Waals surface area contributed by atoms with E-state index in [1.807, 2.05) is 17.0 Å². The van der Waals surface area contributed by atoms with E-state index in [-0.39, 0.29) is 5.91 Å². The molecule has 2 fully saturated rings. The molecule has 5 nitrogen and oxygen atoms in total. The van der Waals surface area contributed by atoms with Crippen LogP contribution in [0.2, 0.25) is 0 Å². The molecule has 0 aromatic heterocycles. The van der Waals surface area contributed by atoms with E-state index in [9.17, 15) is 4.79 Å². The summed E-state index contributed by atoms with van der Waals surface area (Å²) in [6.07, 6.45) is 3.27. The maximum absolute atomic E-state index is 13.2. The summed E-state index contributed by atoms with van der Waals surface area (Å²) in [6, 6.07) is 19.2. The molecule has 0 N–H and O–H groups in total. The highest BCUT2D eigenvalue weighted by atomic mass is 16.5. The number of rotatable bonds is 6. The first-order valence-electron chi connectivity index (χ1n) is 11.2. The average Bonchev–Trinajstić information content (AvgIpc) is 2.83. The molecular formula is C25H33N3O2. The number of morpholine rings is 1. The van der Waals surface area contributed by atoms with Crippen molar-refractivity contribution in [2.24, 2.45) is 0 Å². The number of amides is 1. The Bertz CT molecular complexity index is 820. The number of hydrogen-bond donors (Lipinski definition) is 0. The Labute approximate surface area is 180 Å². The number of hydrogen-bond acceptors (Lipinski definition) is 4. The van der Waals surface area contributed by atoms with Gasteiger partial charge in [0.25, 0.3) is 5.91 Å². The Morgan fingerprint density at radius 1 is 1.07 bits per heavy atom. The van der Waals surface area contributed by atoms with Crippen molar-refractivity contribution in [1.82, 2.24) is 9.80 Å². The van der Waals surface area contributed by atoms with E-state index in [4.69, 9.17) is 4.74 Å². The van der Waals surface area contributed by atoms with Crippen LogP contribution < -0.4 is 4.90 Å². The van der Waals surface area contributed by atoms with Gasteiger partial charge in [0.2, 0.25) is 0 Å². The smallest absolute Gasteiger partial charge is 0.253 e. The Morgan fingerprint density at radius 2 is 1.87 bits per heavy atom. The molecule has 2 heterocycles. The molecule has 4 rings (SSSR count). The minimum Gasteiger partial charge on any atom is -0.378 e. The predicted molar refractivity (Wildman–Crippen MR) is 121 cm³/mol. The van der Waals surface area contributed by atoms with Crippen molar-refractivity contribution in [3.05, 3.63) is 65.7 Å². The van der Waals surface area contributed by atoms with Crippen molar-refractivity contribution in [1.29, 1.82) is 0 Å². The molecule has 2 aliphatic rings. The van der Waals surface area contributed by atoms with Gasteiger partial charge in [0.05, 0.1) is 13.2 Å². The van der Waals surface area contributed by atoms with E-state index in [1.54, 1.807) is 0 Å². The lowest BCUT2D eigenvalue weighted by Crippen LogP contribution is -2.49. The molecule has 2 saturated heterocycles. The number of likely N-dealkylation sites (N-methyl/N-ethyl adjacent to an activating group) is 1. The second kappa shape index (κ2) is 10.1. The zero-order chi connectivity index (χ0) is 20.8. The molecule has 1 amide bonds. The van der Waals surface area contributed by atoms with Crippen LogP contribution in [0.4, 0.5) is 5.69 Å². The van der Waals surface area contributed by atoms with E-state index in [0.29, 0.717) is 6.04 Å². The molecule has 2 aliphatic heterocycles. The summed E-state index contributed by atoms with van der Waals surface area (Å²) in [7, 11) is 2.20. The average molecular weight is 408 g/mol. The lowest BCUT2D eigenvalue weighted by atomic mass is 10.0. The fourth-order valence-corrected chi connectivity index (χ4v) is 4.47. The van der Waals surface area contributed by atoms with Crippen LogP contribution in [0.1, 0.15) is 28.8 Å². The molecule has 0 spiro atoms. The summed E-state index contributed by atoms with van der Waals surface area (Å²) in [5, 5.41) is 0. The fraction of sp³-hybridized carbons (Fsp3) is 0.480. The molecule has 2 aromatic rings. The number of likely N-dealkylation sites (tertiary alicyclic amines) is 1. The van der Waals surface area contributed by atoms with Gasteiger partial charge in [-0.25, -0.2) is 0 Å². The van der Waals surface area contributed by atoms with E-state index in [0.717, 1.165) is 76.5 Å². The molecule has 5 heteroatoms. The number of ether oxygens (including phenoxy) is 1. The number of benzene rings is 2. The van der Waals surface area contributed by atoms with E-state index in [1.165, 1.54) is 5.56 Å². The van der Waals surface area contributed by atoms with Crippen molar-refractivity contribution >= 4 is 11.6 Å².